The molecular weight excluding hydrogens is 424 g/mol. The molecule has 2 aromatic carbocycles. The van der Waals surface area contributed by atoms with Crippen molar-refractivity contribution in [2.75, 3.05) is 21.3 Å². The van der Waals surface area contributed by atoms with E-state index in [1.165, 1.54) is 27.4 Å². The Morgan fingerprint density at radius 2 is 1.61 bits per heavy atom. The van der Waals surface area contributed by atoms with Crippen molar-refractivity contribution in [3.63, 3.8) is 0 Å². The lowest BCUT2D eigenvalue weighted by Gasteiger charge is -2.16. The number of phenolic OH excluding ortho intramolecular Hbond substituents is 1. The molecule has 7 heteroatoms. The van der Waals surface area contributed by atoms with Crippen LogP contribution < -0.4 is 19.6 Å². The Bertz CT molecular complexity index is 1360. The standard InChI is InChI=1S/C26H28O7/c1-13(2)8-9-15-18(30-5)11-20-23(24(15)28)25(29)22-16(10-17(27)14(3)4)26(32-7)21(31-6)12-19(22)33-20/h8,11-12,28H,3,9-10H2,1-2,4-7H3. The number of rotatable bonds is 8. The fourth-order valence-electron chi connectivity index (χ4n) is 3.74. The van der Waals surface area contributed by atoms with Crippen LogP contribution in [0.1, 0.15) is 31.9 Å². The van der Waals surface area contributed by atoms with Gasteiger partial charge in [0, 0.05) is 29.7 Å². The molecule has 1 aromatic heterocycles. The van der Waals surface area contributed by atoms with Gasteiger partial charge in [-0.2, -0.15) is 0 Å². The molecule has 7 nitrogen and oxygen atoms in total. The van der Waals surface area contributed by atoms with Crippen molar-refractivity contribution < 1.29 is 28.5 Å². The number of fused-ring (bicyclic) bond motifs is 2. The van der Waals surface area contributed by atoms with Crippen molar-refractivity contribution in [1.82, 2.24) is 0 Å². The van der Waals surface area contributed by atoms with E-state index in [-0.39, 0.29) is 45.6 Å². The summed E-state index contributed by atoms with van der Waals surface area (Å²) in [6, 6.07) is 3.11. The third-order valence-electron chi connectivity index (χ3n) is 5.48. The van der Waals surface area contributed by atoms with Crippen LogP contribution in [0, 0.1) is 0 Å². The molecule has 0 radical (unpaired) electrons. The first-order chi connectivity index (χ1) is 15.6. The second-order valence-corrected chi connectivity index (χ2v) is 8.04. The maximum atomic E-state index is 13.7. The van der Waals surface area contributed by atoms with E-state index in [1.807, 2.05) is 19.9 Å². The molecule has 0 atom stereocenters. The van der Waals surface area contributed by atoms with Gasteiger partial charge in [-0.25, -0.2) is 0 Å². The van der Waals surface area contributed by atoms with Crippen LogP contribution in [-0.4, -0.2) is 32.2 Å². The molecule has 3 rings (SSSR count). The summed E-state index contributed by atoms with van der Waals surface area (Å²) in [5, 5.41) is 11.2. The summed E-state index contributed by atoms with van der Waals surface area (Å²) in [5.41, 5.74) is 2.07. The van der Waals surface area contributed by atoms with Gasteiger partial charge >= 0.3 is 0 Å². The Kier molecular flexibility index (Phi) is 6.81. The highest BCUT2D eigenvalue weighted by Gasteiger charge is 2.25. The van der Waals surface area contributed by atoms with Gasteiger partial charge in [0.05, 0.1) is 26.7 Å². The number of hydrogen-bond acceptors (Lipinski definition) is 7. The molecule has 0 fully saturated rings. The third kappa shape index (κ3) is 4.31. The number of methoxy groups -OCH3 is 3. The summed E-state index contributed by atoms with van der Waals surface area (Å²) in [5.74, 6) is 0.491. The first-order valence-corrected chi connectivity index (χ1v) is 10.4. The Hall–Kier alpha value is -3.74. The van der Waals surface area contributed by atoms with Gasteiger partial charge in [-0.3, -0.25) is 9.59 Å². The highest BCUT2D eigenvalue weighted by Crippen LogP contribution is 2.41. The van der Waals surface area contributed by atoms with E-state index in [2.05, 4.69) is 6.58 Å². The van der Waals surface area contributed by atoms with Gasteiger partial charge in [-0.15, -0.1) is 0 Å². The van der Waals surface area contributed by atoms with Crippen LogP contribution in [0.5, 0.6) is 23.0 Å². The van der Waals surface area contributed by atoms with E-state index in [9.17, 15) is 14.7 Å². The van der Waals surface area contributed by atoms with E-state index in [0.717, 1.165) is 5.57 Å². The lowest BCUT2D eigenvalue weighted by molar-refractivity contribution is -0.114. The molecule has 0 aliphatic heterocycles. The molecule has 33 heavy (non-hydrogen) atoms. The summed E-state index contributed by atoms with van der Waals surface area (Å²) in [4.78, 5) is 26.3. The van der Waals surface area contributed by atoms with E-state index >= 15 is 0 Å². The van der Waals surface area contributed by atoms with Crippen LogP contribution in [-0.2, 0) is 17.6 Å². The molecule has 0 aliphatic rings. The minimum absolute atomic E-state index is 0.0108. The van der Waals surface area contributed by atoms with E-state index in [4.69, 9.17) is 18.6 Å². The van der Waals surface area contributed by atoms with Crippen molar-refractivity contribution >= 4 is 27.7 Å². The SMILES string of the molecule is C=C(C)C(=O)Cc1c(OC)c(OC)cc2oc3cc(OC)c(CC=C(C)C)c(O)c3c(=O)c12. The smallest absolute Gasteiger partial charge is 0.204 e. The zero-order chi connectivity index (χ0) is 24.4. The summed E-state index contributed by atoms with van der Waals surface area (Å²) >= 11 is 0. The molecule has 174 valence electrons. The molecule has 0 aliphatic carbocycles. The predicted octanol–water partition coefficient (Wildman–Crippen LogP) is 4.87. The Balaban J connectivity index is 2.49. The van der Waals surface area contributed by atoms with Crippen molar-refractivity contribution in [2.45, 2.75) is 33.6 Å². The first kappa shape index (κ1) is 23.9. The van der Waals surface area contributed by atoms with Crippen molar-refractivity contribution in [3.8, 4) is 23.0 Å². The zero-order valence-corrected chi connectivity index (χ0v) is 19.8. The molecule has 0 amide bonds. The predicted molar refractivity (Wildman–Crippen MR) is 128 cm³/mol. The molecule has 3 aromatic rings. The van der Waals surface area contributed by atoms with Crippen LogP contribution in [0.3, 0.4) is 0 Å². The minimum Gasteiger partial charge on any atom is -0.507 e. The summed E-state index contributed by atoms with van der Waals surface area (Å²) in [6.45, 7) is 9.18. The van der Waals surface area contributed by atoms with Gasteiger partial charge < -0.3 is 23.7 Å². The molecule has 0 spiro atoms. The number of aromatic hydroxyl groups is 1. The van der Waals surface area contributed by atoms with Crippen molar-refractivity contribution in [2.24, 2.45) is 0 Å². The molecule has 1 heterocycles. The Morgan fingerprint density at radius 1 is 1.00 bits per heavy atom. The molecule has 0 saturated carbocycles. The summed E-state index contributed by atoms with van der Waals surface area (Å²) in [7, 11) is 4.37. The zero-order valence-electron chi connectivity index (χ0n) is 19.8. The number of phenols is 1. The molecular formula is C26H28O7. The van der Waals surface area contributed by atoms with Gasteiger partial charge in [0.15, 0.2) is 17.3 Å². The largest absolute Gasteiger partial charge is 0.507 e. The fourth-order valence-corrected chi connectivity index (χ4v) is 3.74. The topological polar surface area (TPSA) is 95.2 Å². The average molecular weight is 453 g/mol. The summed E-state index contributed by atoms with van der Waals surface area (Å²) in [6.07, 6.45) is 2.17. The van der Waals surface area contributed by atoms with E-state index < -0.39 is 5.43 Å². The first-order valence-electron chi connectivity index (χ1n) is 10.4. The maximum Gasteiger partial charge on any atom is 0.204 e. The number of benzene rings is 2. The van der Waals surface area contributed by atoms with Crippen LogP contribution in [0.4, 0.5) is 0 Å². The molecule has 0 unspecified atom stereocenters. The third-order valence-corrected chi connectivity index (χ3v) is 5.48. The monoisotopic (exact) mass is 452 g/mol. The van der Waals surface area contributed by atoms with Crippen LogP contribution in [0.15, 0.2) is 45.1 Å². The van der Waals surface area contributed by atoms with E-state index in [0.29, 0.717) is 34.6 Å². The van der Waals surface area contributed by atoms with Crippen molar-refractivity contribution in [3.05, 3.63) is 57.3 Å². The highest BCUT2D eigenvalue weighted by atomic mass is 16.5. The van der Waals surface area contributed by atoms with Gasteiger partial charge in [-0.05, 0) is 32.8 Å². The second kappa shape index (κ2) is 9.40. The van der Waals surface area contributed by atoms with Gasteiger partial charge in [0.1, 0.15) is 28.1 Å². The summed E-state index contributed by atoms with van der Waals surface area (Å²) < 4.78 is 22.4. The van der Waals surface area contributed by atoms with Crippen LogP contribution in [0.25, 0.3) is 21.9 Å². The minimum atomic E-state index is -0.477. The lowest BCUT2D eigenvalue weighted by atomic mass is 9.96. The van der Waals surface area contributed by atoms with Gasteiger partial charge in [0.2, 0.25) is 5.43 Å². The molecule has 1 N–H and O–H groups in total. The van der Waals surface area contributed by atoms with Crippen LogP contribution >= 0.6 is 0 Å². The quantitative estimate of drug-likeness (QED) is 0.296. The number of allylic oxidation sites excluding steroid dienone is 3. The average Bonchev–Trinajstić information content (AvgIpc) is 2.76. The van der Waals surface area contributed by atoms with Gasteiger partial charge in [0.25, 0.3) is 0 Å². The number of hydrogen-bond donors (Lipinski definition) is 1. The lowest BCUT2D eigenvalue weighted by Crippen LogP contribution is -2.12. The molecule has 0 saturated heterocycles. The highest BCUT2D eigenvalue weighted by molar-refractivity contribution is 6.02. The van der Waals surface area contributed by atoms with Gasteiger partial charge in [-0.1, -0.05) is 18.2 Å². The van der Waals surface area contributed by atoms with E-state index in [1.54, 1.807) is 13.0 Å². The number of carbonyl (C=O) groups excluding carboxylic acids is 1. The van der Waals surface area contributed by atoms with Crippen LogP contribution in [0.2, 0.25) is 0 Å². The Labute approximate surface area is 191 Å². The number of ketones is 1. The molecule has 0 bridgehead atoms. The number of carbonyl (C=O) groups is 1. The number of ether oxygens (including phenoxy) is 3. The van der Waals surface area contributed by atoms with Crippen molar-refractivity contribution in [1.29, 1.82) is 0 Å². The maximum absolute atomic E-state index is 13.7. The fraction of sp³-hybridized carbons (Fsp3) is 0.308. The second-order valence-electron chi connectivity index (χ2n) is 8.04. The number of Topliss-reactive ketones (excluding diaryl/α,β-unsaturated/α-hetero) is 1. The normalized spacial score (nSPS) is 10.8. The Morgan fingerprint density at radius 3 is 2.15 bits per heavy atom.